The number of carbonyl (C=O) groups excluding carboxylic acids is 1. The van der Waals surface area contributed by atoms with Gasteiger partial charge in [0.25, 0.3) is 0 Å². The van der Waals surface area contributed by atoms with Crippen LogP contribution in [0.4, 0.5) is 0 Å². The van der Waals surface area contributed by atoms with E-state index in [-0.39, 0.29) is 5.97 Å². The maximum Gasteiger partial charge on any atom is 0.303 e. The van der Waals surface area contributed by atoms with E-state index < -0.39 is 0 Å². The Kier molecular flexibility index (Phi) is 3.89. The van der Waals surface area contributed by atoms with Gasteiger partial charge in [-0.1, -0.05) is 0 Å². The first-order valence-electron chi connectivity index (χ1n) is 1.89. The predicted octanol–water partition coefficient (Wildman–Crippen LogP) is 0.870. The van der Waals surface area contributed by atoms with Crippen molar-refractivity contribution in [2.45, 2.75) is 6.92 Å². The van der Waals surface area contributed by atoms with Gasteiger partial charge in [-0.2, -0.15) is 0 Å². The average Bonchev–Trinajstić information content (AvgIpc) is 1.61. The molecule has 0 aromatic rings. The topological polar surface area (TPSA) is 26.3 Å². The fourth-order valence-corrected chi connectivity index (χ4v) is 0.426. The Balaban J connectivity index is 2.82. The third-order valence-corrected chi connectivity index (χ3v) is 0.734. The molecule has 0 saturated heterocycles. The second-order valence-corrected chi connectivity index (χ2v) is 1.86. The number of carbonyl (C=O) groups is 1. The third kappa shape index (κ3) is 5.82. The quantitative estimate of drug-likeness (QED) is 0.399. The molecule has 0 aliphatic rings. The van der Waals surface area contributed by atoms with E-state index in [1.807, 2.05) is 6.26 Å². The molecule has 0 saturated carbocycles. The summed E-state index contributed by atoms with van der Waals surface area (Å²) < 4.78 is 4.52. The van der Waals surface area contributed by atoms with Gasteiger partial charge in [0.05, 0.1) is 0 Å². The molecule has 0 heterocycles. The molecule has 0 fully saturated rings. The molecular weight excluding hydrogens is 112 g/mol. The second-order valence-electron chi connectivity index (χ2n) is 1.04. The van der Waals surface area contributed by atoms with Crippen LogP contribution in [0.15, 0.2) is 0 Å². The number of rotatable bonds is 2. The zero-order chi connectivity index (χ0) is 5.70. The van der Waals surface area contributed by atoms with E-state index in [2.05, 4.69) is 4.74 Å². The van der Waals surface area contributed by atoms with Crippen LogP contribution >= 0.6 is 11.8 Å². The summed E-state index contributed by atoms with van der Waals surface area (Å²) in [5.41, 5.74) is 0. The molecule has 2 nitrogen and oxygen atoms in total. The fraction of sp³-hybridized carbons (Fsp3) is 0.750. The predicted molar refractivity (Wildman–Crippen MR) is 30.1 cm³/mol. The van der Waals surface area contributed by atoms with Crippen molar-refractivity contribution < 1.29 is 9.53 Å². The molecule has 3 heteroatoms. The zero-order valence-corrected chi connectivity index (χ0v) is 5.25. The number of ether oxygens (including phenoxy) is 1. The number of hydrogen-bond donors (Lipinski definition) is 0. The van der Waals surface area contributed by atoms with Gasteiger partial charge in [0.2, 0.25) is 0 Å². The van der Waals surface area contributed by atoms with Crippen molar-refractivity contribution in [1.82, 2.24) is 0 Å². The van der Waals surface area contributed by atoms with E-state index in [9.17, 15) is 4.79 Å². The minimum atomic E-state index is -0.214. The second kappa shape index (κ2) is 3.99. The average molecular weight is 120 g/mol. The van der Waals surface area contributed by atoms with Gasteiger partial charge in [-0.25, -0.2) is 0 Å². The Morgan fingerprint density at radius 2 is 2.43 bits per heavy atom. The first-order valence-corrected chi connectivity index (χ1v) is 3.29. The van der Waals surface area contributed by atoms with E-state index in [0.717, 1.165) is 0 Å². The summed E-state index contributed by atoms with van der Waals surface area (Å²) in [6.45, 7) is 1.40. The minimum Gasteiger partial charge on any atom is -0.455 e. The summed E-state index contributed by atoms with van der Waals surface area (Å²) in [5.74, 6) is 0.254. The lowest BCUT2D eigenvalue weighted by molar-refractivity contribution is -0.138. The van der Waals surface area contributed by atoms with Crippen LogP contribution in [0, 0.1) is 0 Å². The van der Waals surface area contributed by atoms with Crippen LogP contribution in [0.25, 0.3) is 0 Å². The summed E-state index contributed by atoms with van der Waals surface area (Å²) >= 11 is 1.49. The Morgan fingerprint density at radius 3 is 2.57 bits per heavy atom. The molecule has 0 rings (SSSR count). The van der Waals surface area contributed by atoms with Crippen molar-refractivity contribution in [1.29, 1.82) is 0 Å². The highest BCUT2D eigenvalue weighted by Crippen LogP contribution is 1.90. The lowest BCUT2D eigenvalue weighted by Crippen LogP contribution is -1.95. The van der Waals surface area contributed by atoms with E-state index >= 15 is 0 Å². The minimum absolute atomic E-state index is 0.214. The number of hydrogen-bond acceptors (Lipinski definition) is 3. The van der Waals surface area contributed by atoms with Crippen LogP contribution in [0.3, 0.4) is 0 Å². The lowest BCUT2D eigenvalue weighted by atomic mass is 10.8. The smallest absolute Gasteiger partial charge is 0.303 e. The molecule has 0 atom stereocenters. The lowest BCUT2D eigenvalue weighted by Gasteiger charge is -1.93. The molecule has 0 aromatic heterocycles. The highest BCUT2D eigenvalue weighted by Gasteiger charge is 1.85. The first-order chi connectivity index (χ1) is 3.27. The van der Waals surface area contributed by atoms with E-state index in [1.54, 1.807) is 0 Å². The molecule has 0 aromatic carbocycles. The van der Waals surface area contributed by atoms with Gasteiger partial charge in [0.15, 0.2) is 0 Å². The van der Waals surface area contributed by atoms with Gasteiger partial charge < -0.3 is 4.74 Å². The molecule has 0 aliphatic heterocycles. The van der Waals surface area contributed by atoms with Gasteiger partial charge in [-0.3, -0.25) is 4.79 Å². The molecular formula is C4H8O2S. The van der Waals surface area contributed by atoms with E-state index in [4.69, 9.17) is 0 Å². The molecule has 0 amide bonds. The highest BCUT2D eigenvalue weighted by atomic mass is 32.2. The molecule has 0 N–H and O–H groups in total. The highest BCUT2D eigenvalue weighted by molar-refractivity contribution is 7.98. The molecule has 0 bridgehead atoms. The SMILES string of the molecule is CSCOC(C)=O. The summed E-state index contributed by atoms with van der Waals surface area (Å²) in [4.78, 5) is 9.97. The van der Waals surface area contributed by atoms with Crippen LogP contribution in [0.1, 0.15) is 6.92 Å². The van der Waals surface area contributed by atoms with Gasteiger partial charge >= 0.3 is 5.97 Å². The van der Waals surface area contributed by atoms with Gasteiger partial charge in [0, 0.05) is 6.92 Å². The van der Waals surface area contributed by atoms with Gasteiger partial charge in [-0.05, 0) is 6.26 Å². The summed E-state index contributed by atoms with van der Waals surface area (Å²) in [5, 5.41) is 0. The molecule has 0 unspecified atom stereocenters. The third-order valence-electron chi connectivity index (χ3n) is 0.380. The van der Waals surface area contributed by atoms with Crippen molar-refractivity contribution >= 4 is 17.7 Å². The van der Waals surface area contributed by atoms with Crippen molar-refractivity contribution in [3.05, 3.63) is 0 Å². The molecule has 0 radical (unpaired) electrons. The van der Waals surface area contributed by atoms with E-state index in [1.165, 1.54) is 18.7 Å². The maximum atomic E-state index is 9.97. The van der Waals surface area contributed by atoms with Gasteiger partial charge in [0.1, 0.15) is 5.94 Å². The standard InChI is InChI=1S/C4H8O2S/c1-4(5)6-3-7-2/h3H2,1-2H3. The maximum absolute atomic E-state index is 9.97. The van der Waals surface area contributed by atoms with Crippen molar-refractivity contribution in [2.75, 3.05) is 12.2 Å². The Bertz CT molecular complexity index is 62.7. The normalized spacial score (nSPS) is 8.29. The summed E-state index contributed by atoms with van der Waals surface area (Å²) in [7, 11) is 0. The van der Waals surface area contributed by atoms with Crippen LogP contribution < -0.4 is 0 Å². The van der Waals surface area contributed by atoms with Gasteiger partial charge in [-0.15, -0.1) is 11.8 Å². The number of esters is 1. The Labute approximate surface area is 47.2 Å². The van der Waals surface area contributed by atoms with Crippen LogP contribution in [0.5, 0.6) is 0 Å². The van der Waals surface area contributed by atoms with Crippen LogP contribution in [-0.2, 0) is 9.53 Å². The Morgan fingerprint density at radius 1 is 1.86 bits per heavy atom. The first kappa shape index (κ1) is 6.82. The molecule has 42 valence electrons. The molecule has 0 aliphatic carbocycles. The fourth-order valence-electron chi connectivity index (χ4n) is 0.142. The monoisotopic (exact) mass is 120 g/mol. The zero-order valence-electron chi connectivity index (χ0n) is 4.43. The van der Waals surface area contributed by atoms with Crippen molar-refractivity contribution in [3.63, 3.8) is 0 Å². The Hall–Kier alpha value is -0.180. The largest absolute Gasteiger partial charge is 0.455 e. The number of thioether (sulfide) groups is 1. The van der Waals surface area contributed by atoms with E-state index in [0.29, 0.717) is 5.94 Å². The summed E-state index contributed by atoms with van der Waals surface area (Å²) in [6.07, 6.45) is 1.88. The van der Waals surface area contributed by atoms with Crippen molar-refractivity contribution in [2.24, 2.45) is 0 Å². The molecule has 0 spiro atoms. The van der Waals surface area contributed by atoms with Crippen molar-refractivity contribution in [3.8, 4) is 0 Å². The molecule has 7 heavy (non-hydrogen) atoms. The summed E-state index contributed by atoms with van der Waals surface area (Å²) in [6, 6.07) is 0. The van der Waals surface area contributed by atoms with Crippen LogP contribution in [-0.4, -0.2) is 18.2 Å². The van der Waals surface area contributed by atoms with Crippen LogP contribution in [0.2, 0.25) is 0 Å².